The molecular weight excluding hydrogens is 334 g/mol. The summed E-state index contributed by atoms with van der Waals surface area (Å²) in [5.41, 5.74) is 0.907. The number of hydrogen-bond donors (Lipinski definition) is 0. The van der Waals surface area contributed by atoms with Crippen molar-refractivity contribution in [2.45, 2.75) is 0 Å². The summed E-state index contributed by atoms with van der Waals surface area (Å²) in [7, 11) is 3.96. The monoisotopic (exact) mass is 351 g/mol. The van der Waals surface area contributed by atoms with E-state index in [1.54, 1.807) is 17.0 Å². The van der Waals surface area contributed by atoms with Gasteiger partial charge < -0.3 is 9.32 Å². The van der Waals surface area contributed by atoms with Crippen LogP contribution in [-0.2, 0) is 0 Å². The lowest BCUT2D eigenvalue weighted by atomic mass is 10.3. The number of rotatable bonds is 5. The van der Waals surface area contributed by atoms with E-state index < -0.39 is 0 Å². The molecule has 0 N–H and O–H groups in total. The highest BCUT2D eigenvalue weighted by molar-refractivity contribution is 7.22. The second-order valence-electron chi connectivity index (χ2n) is 5.20. The van der Waals surface area contributed by atoms with Crippen LogP contribution in [0.2, 0.25) is 0 Å². The van der Waals surface area contributed by atoms with Crippen LogP contribution in [0.4, 0.5) is 5.13 Å². The minimum atomic E-state index is -0.161. The average Bonchev–Trinajstić information content (AvgIpc) is 3.16. The van der Waals surface area contributed by atoms with Gasteiger partial charge in [0.15, 0.2) is 10.9 Å². The third-order valence-electron chi connectivity index (χ3n) is 3.26. The number of aromatic nitrogens is 1. The quantitative estimate of drug-likeness (QED) is 0.705. The van der Waals surface area contributed by atoms with Gasteiger partial charge in [-0.15, -0.1) is 12.4 Å². The summed E-state index contributed by atoms with van der Waals surface area (Å²) >= 11 is 1.52. The molecular formula is C16H18ClN3O2S. The first-order valence-corrected chi connectivity index (χ1v) is 7.82. The Balaban J connectivity index is 0.00000192. The Hall–Kier alpha value is -1.89. The summed E-state index contributed by atoms with van der Waals surface area (Å²) in [4.78, 5) is 21.0. The topological polar surface area (TPSA) is 49.6 Å². The summed E-state index contributed by atoms with van der Waals surface area (Å²) in [5, 5.41) is 0.699. The van der Waals surface area contributed by atoms with Gasteiger partial charge in [0.1, 0.15) is 0 Å². The number of anilines is 1. The fourth-order valence-corrected chi connectivity index (χ4v) is 3.08. The Morgan fingerprint density at radius 3 is 2.61 bits per heavy atom. The highest BCUT2D eigenvalue weighted by atomic mass is 35.5. The number of thiazole rings is 1. The van der Waals surface area contributed by atoms with Crippen LogP contribution in [0.15, 0.2) is 47.1 Å². The van der Waals surface area contributed by atoms with E-state index in [2.05, 4.69) is 4.98 Å². The number of likely N-dealkylation sites (N-methyl/N-ethyl adjacent to an activating group) is 1. The highest BCUT2D eigenvalue weighted by Crippen LogP contribution is 2.29. The van der Waals surface area contributed by atoms with E-state index in [0.29, 0.717) is 17.4 Å². The van der Waals surface area contributed by atoms with Gasteiger partial charge in [0.25, 0.3) is 5.91 Å². The van der Waals surface area contributed by atoms with Gasteiger partial charge in [-0.05, 0) is 38.4 Å². The van der Waals surface area contributed by atoms with Crippen molar-refractivity contribution in [1.82, 2.24) is 9.88 Å². The lowest BCUT2D eigenvalue weighted by Gasteiger charge is -2.20. The summed E-state index contributed by atoms with van der Waals surface area (Å²) in [6.07, 6.45) is 1.51. The third kappa shape index (κ3) is 3.90. The number of nitrogens with zero attached hydrogens (tertiary/aromatic N) is 3. The van der Waals surface area contributed by atoms with Crippen molar-refractivity contribution in [3.63, 3.8) is 0 Å². The first-order valence-electron chi connectivity index (χ1n) is 7.01. The summed E-state index contributed by atoms with van der Waals surface area (Å²) in [6.45, 7) is 1.31. The van der Waals surface area contributed by atoms with Crippen LogP contribution in [0.25, 0.3) is 10.2 Å². The van der Waals surface area contributed by atoms with Crippen LogP contribution in [0.5, 0.6) is 0 Å². The molecule has 23 heavy (non-hydrogen) atoms. The van der Waals surface area contributed by atoms with Gasteiger partial charge in [-0.1, -0.05) is 23.5 Å². The van der Waals surface area contributed by atoms with Crippen LogP contribution in [0.1, 0.15) is 10.6 Å². The fourth-order valence-electron chi connectivity index (χ4n) is 2.09. The Kier molecular flexibility index (Phi) is 5.76. The van der Waals surface area contributed by atoms with Crippen LogP contribution >= 0.6 is 23.7 Å². The number of carbonyl (C=O) groups excluding carboxylic acids is 1. The van der Waals surface area contributed by atoms with E-state index in [4.69, 9.17) is 4.42 Å². The number of benzene rings is 1. The molecule has 0 unspecified atom stereocenters. The molecule has 0 saturated carbocycles. The second-order valence-corrected chi connectivity index (χ2v) is 6.21. The second kappa shape index (κ2) is 7.59. The lowest BCUT2D eigenvalue weighted by molar-refractivity contribution is 0.0958. The lowest BCUT2D eigenvalue weighted by Crippen LogP contribution is -2.36. The van der Waals surface area contributed by atoms with Crippen LogP contribution in [-0.4, -0.2) is 43.0 Å². The van der Waals surface area contributed by atoms with Gasteiger partial charge in [0.05, 0.1) is 16.5 Å². The Labute approximate surface area is 144 Å². The SMILES string of the molecule is CN(C)CCN(C(=O)c1ccco1)c1nc2ccccc2s1.Cl. The minimum absolute atomic E-state index is 0. The van der Waals surface area contributed by atoms with Gasteiger partial charge in [-0.2, -0.15) is 0 Å². The van der Waals surface area contributed by atoms with E-state index in [0.717, 1.165) is 16.8 Å². The van der Waals surface area contributed by atoms with Gasteiger partial charge in [0, 0.05) is 13.1 Å². The standard InChI is InChI=1S/C16H17N3O2S.ClH/c1-18(2)9-10-19(15(20)13-7-5-11-21-13)16-17-12-6-3-4-8-14(12)22-16;/h3-8,11H,9-10H2,1-2H3;1H. The van der Waals surface area contributed by atoms with E-state index in [9.17, 15) is 4.79 Å². The summed E-state index contributed by atoms with van der Waals surface area (Å²) in [6, 6.07) is 11.3. The average molecular weight is 352 g/mol. The molecule has 0 aliphatic carbocycles. The van der Waals surface area contributed by atoms with Crippen molar-refractivity contribution in [1.29, 1.82) is 0 Å². The van der Waals surface area contributed by atoms with Crippen molar-refractivity contribution in [3.8, 4) is 0 Å². The summed E-state index contributed by atoms with van der Waals surface area (Å²) in [5.74, 6) is 0.170. The molecule has 1 aromatic carbocycles. The molecule has 0 atom stereocenters. The molecule has 0 bridgehead atoms. The number of fused-ring (bicyclic) bond motifs is 1. The number of amides is 1. The number of para-hydroxylation sites is 1. The molecule has 2 heterocycles. The molecule has 0 aliphatic rings. The van der Waals surface area contributed by atoms with Crippen LogP contribution in [0, 0.1) is 0 Å². The zero-order valence-corrected chi connectivity index (χ0v) is 14.6. The Bertz CT molecular complexity index is 738. The normalized spacial score (nSPS) is 10.7. The van der Waals surface area contributed by atoms with Gasteiger partial charge in [0.2, 0.25) is 0 Å². The predicted molar refractivity (Wildman–Crippen MR) is 95.8 cm³/mol. The molecule has 5 nitrogen and oxygen atoms in total. The number of carbonyl (C=O) groups is 1. The van der Waals surface area contributed by atoms with E-state index in [1.165, 1.54) is 17.6 Å². The fraction of sp³-hybridized carbons (Fsp3) is 0.250. The zero-order chi connectivity index (χ0) is 15.5. The van der Waals surface area contributed by atoms with E-state index >= 15 is 0 Å². The third-order valence-corrected chi connectivity index (χ3v) is 4.32. The van der Waals surface area contributed by atoms with Crippen molar-refractivity contribution >= 4 is 45.0 Å². The maximum absolute atomic E-state index is 12.7. The zero-order valence-electron chi connectivity index (χ0n) is 12.9. The van der Waals surface area contributed by atoms with Crippen LogP contribution < -0.4 is 4.90 Å². The Morgan fingerprint density at radius 2 is 1.96 bits per heavy atom. The molecule has 122 valence electrons. The number of furan rings is 1. The predicted octanol–water partition coefficient (Wildman–Crippen LogP) is 3.52. The largest absolute Gasteiger partial charge is 0.459 e. The van der Waals surface area contributed by atoms with Crippen molar-refractivity contribution in [2.75, 3.05) is 32.1 Å². The number of hydrogen-bond acceptors (Lipinski definition) is 5. The smallest absolute Gasteiger partial charge is 0.295 e. The highest BCUT2D eigenvalue weighted by Gasteiger charge is 2.23. The molecule has 2 aromatic heterocycles. The molecule has 0 spiro atoms. The number of halogens is 1. The van der Waals surface area contributed by atoms with Crippen molar-refractivity contribution < 1.29 is 9.21 Å². The van der Waals surface area contributed by atoms with Gasteiger partial charge in [-0.3, -0.25) is 9.69 Å². The molecule has 0 fully saturated rings. The Morgan fingerprint density at radius 1 is 1.17 bits per heavy atom. The van der Waals surface area contributed by atoms with Gasteiger partial charge in [-0.25, -0.2) is 4.98 Å². The maximum Gasteiger partial charge on any atom is 0.295 e. The molecule has 3 aromatic rings. The first kappa shape index (κ1) is 17.5. The van der Waals surface area contributed by atoms with Gasteiger partial charge >= 0.3 is 0 Å². The summed E-state index contributed by atoms with van der Waals surface area (Å²) < 4.78 is 6.32. The minimum Gasteiger partial charge on any atom is -0.459 e. The van der Waals surface area contributed by atoms with E-state index in [-0.39, 0.29) is 18.3 Å². The molecule has 0 saturated heterocycles. The molecule has 0 radical (unpaired) electrons. The molecule has 3 rings (SSSR count). The van der Waals surface area contributed by atoms with Crippen molar-refractivity contribution in [2.24, 2.45) is 0 Å². The first-order chi connectivity index (χ1) is 10.6. The maximum atomic E-state index is 12.7. The van der Waals surface area contributed by atoms with Crippen LogP contribution in [0.3, 0.4) is 0 Å². The molecule has 0 aliphatic heterocycles. The van der Waals surface area contributed by atoms with Crippen molar-refractivity contribution in [3.05, 3.63) is 48.4 Å². The molecule has 7 heteroatoms. The van der Waals surface area contributed by atoms with E-state index in [1.807, 2.05) is 43.3 Å². The molecule has 1 amide bonds.